The fraction of sp³-hybridized carbons (Fsp3) is 0.250. The molecule has 3 heterocycles. The number of anilines is 1. The lowest BCUT2D eigenvalue weighted by molar-refractivity contribution is -0.123. The van der Waals surface area contributed by atoms with Gasteiger partial charge in [-0.05, 0) is 31.2 Å². The van der Waals surface area contributed by atoms with Crippen LogP contribution in [0.15, 0.2) is 41.6 Å². The molecule has 3 rings (SSSR count). The third-order valence-electron chi connectivity index (χ3n) is 4.06. The van der Waals surface area contributed by atoms with Crippen molar-refractivity contribution in [2.24, 2.45) is 5.92 Å². The van der Waals surface area contributed by atoms with Crippen molar-refractivity contribution in [2.75, 3.05) is 18.0 Å². The summed E-state index contributed by atoms with van der Waals surface area (Å²) in [6.07, 6.45) is 2.61. The van der Waals surface area contributed by atoms with E-state index in [1.807, 2.05) is 0 Å². The van der Waals surface area contributed by atoms with Gasteiger partial charge in [0.2, 0.25) is 5.91 Å². The summed E-state index contributed by atoms with van der Waals surface area (Å²) >= 11 is 0. The SMILES string of the molecule is Cc1nc(N2CC(C(=O)NS(=O)(=O)c3cccnc3)C2)ccc1C(=O)O. The molecule has 2 N–H and O–H groups in total. The second-order valence-electron chi connectivity index (χ2n) is 5.87. The van der Waals surface area contributed by atoms with E-state index < -0.39 is 27.8 Å². The first-order valence-corrected chi connectivity index (χ1v) is 9.19. The molecule has 0 unspecified atom stereocenters. The number of carbonyl (C=O) groups excluding carboxylic acids is 1. The van der Waals surface area contributed by atoms with E-state index in [-0.39, 0.29) is 10.5 Å². The number of carboxylic acids is 1. The van der Waals surface area contributed by atoms with Crippen LogP contribution < -0.4 is 9.62 Å². The van der Waals surface area contributed by atoms with E-state index in [2.05, 4.69) is 14.7 Å². The number of hydrogen-bond acceptors (Lipinski definition) is 7. The van der Waals surface area contributed by atoms with Crippen molar-refractivity contribution in [2.45, 2.75) is 11.8 Å². The minimum Gasteiger partial charge on any atom is -0.478 e. The minimum atomic E-state index is -3.95. The van der Waals surface area contributed by atoms with E-state index in [9.17, 15) is 18.0 Å². The van der Waals surface area contributed by atoms with Crippen molar-refractivity contribution in [3.63, 3.8) is 0 Å². The molecule has 0 bridgehead atoms. The lowest BCUT2D eigenvalue weighted by atomic mass is 9.99. The molecule has 0 atom stereocenters. The maximum Gasteiger partial charge on any atom is 0.337 e. The van der Waals surface area contributed by atoms with Gasteiger partial charge < -0.3 is 10.0 Å². The molecular weight excluding hydrogens is 360 g/mol. The van der Waals surface area contributed by atoms with E-state index in [1.165, 1.54) is 30.6 Å². The summed E-state index contributed by atoms with van der Waals surface area (Å²) in [5.74, 6) is -1.60. The Kier molecular flexibility index (Phi) is 4.60. The number of carbonyl (C=O) groups is 2. The van der Waals surface area contributed by atoms with Gasteiger partial charge in [-0.3, -0.25) is 9.78 Å². The Bertz CT molecular complexity index is 956. The smallest absolute Gasteiger partial charge is 0.337 e. The molecule has 0 saturated carbocycles. The van der Waals surface area contributed by atoms with E-state index in [4.69, 9.17) is 5.11 Å². The first-order chi connectivity index (χ1) is 12.3. The Labute approximate surface area is 149 Å². The molecule has 10 heteroatoms. The van der Waals surface area contributed by atoms with Crippen LogP contribution in [0.2, 0.25) is 0 Å². The standard InChI is InChI=1S/C16H16N4O5S/c1-10-13(16(22)23)4-5-14(18-10)20-8-11(9-20)15(21)19-26(24,25)12-3-2-6-17-7-12/h2-7,11H,8-9H2,1H3,(H,19,21)(H,22,23). The fourth-order valence-corrected chi connectivity index (χ4v) is 3.57. The third kappa shape index (κ3) is 3.49. The number of hydrogen-bond donors (Lipinski definition) is 2. The normalized spacial score (nSPS) is 14.6. The van der Waals surface area contributed by atoms with Crippen LogP contribution in [0.25, 0.3) is 0 Å². The molecule has 0 radical (unpaired) electrons. The number of carboxylic acid groups (broad SMARTS) is 1. The molecule has 0 spiro atoms. The Morgan fingerprint density at radius 3 is 2.58 bits per heavy atom. The zero-order chi connectivity index (χ0) is 18.9. The Morgan fingerprint density at radius 1 is 1.27 bits per heavy atom. The van der Waals surface area contributed by atoms with Gasteiger partial charge in [-0.2, -0.15) is 0 Å². The van der Waals surface area contributed by atoms with Gasteiger partial charge in [0.05, 0.1) is 17.2 Å². The van der Waals surface area contributed by atoms with Crippen LogP contribution in [0, 0.1) is 12.8 Å². The van der Waals surface area contributed by atoms with E-state index >= 15 is 0 Å². The van der Waals surface area contributed by atoms with Crippen molar-refractivity contribution in [3.8, 4) is 0 Å². The molecule has 136 valence electrons. The number of aryl methyl sites for hydroxylation is 1. The van der Waals surface area contributed by atoms with Gasteiger partial charge in [0.15, 0.2) is 0 Å². The van der Waals surface area contributed by atoms with Gasteiger partial charge in [-0.25, -0.2) is 22.9 Å². The maximum atomic E-state index is 12.2. The second-order valence-corrected chi connectivity index (χ2v) is 7.55. The van der Waals surface area contributed by atoms with Crippen molar-refractivity contribution >= 4 is 27.7 Å². The quantitative estimate of drug-likeness (QED) is 0.768. The molecule has 1 amide bonds. The molecule has 0 aromatic carbocycles. The van der Waals surface area contributed by atoms with Gasteiger partial charge >= 0.3 is 5.97 Å². The average molecular weight is 376 g/mol. The summed E-state index contributed by atoms with van der Waals surface area (Å²) in [4.78, 5) is 32.8. The molecule has 2 aromatic rings. The molecular formula is C16H16N4O5S. The lowest BCUT2D eigenvalue weighted by Crippen LogP contribution is -2.54. The molecule has 1 fully saturated rings. The van der Waals surface area contributed by atoms with Crippen LogP contribution in [0.4, 0.5) is 5.82 Å². The van der Waals surface area contributed by atoms with Crippen LogP contribution in [0.3, 0.4) is 0 Å². The number of amides is 1. The monoisotopic (exact) mass is 376 g/mol. The van der Waals surface area contributed by atoms with Crippen LogP contribution >= 0.6 is 0 Å². The van der Waals surface area contributed by atoms with Crippen LogP contribution in [0.1, 0.15) is 16.1 Å². The summed E-state index contributed by atoms with van der Waals surface area (Å²) in [6, 6.07) is 5.85. The van der Waals surface area contributed by atoms with Crippen LogP contribution in [-0.2, 0) is 14.8 Å². The number of rotatable bonds is 5. The lowest BCUT2D eigenvalue weighted by Gasteiger charge is -2.39. The van der Waals surface area contributed by atoms with Gasteiger partial charge in [0, 0.05) is 25.5 Å². The van der Waals surface area contributed by atoms with Crippen LogP contribution in [-0.4, -0.2) is 48.5 Å². The summed E-state index contributed by atoms with van der Waals surface area (Å²) in [5, 5.41) is 9.02. The van der Waals surface area contributed by atoms with Crippen molar-refractivity contribution in [1.82, 2.24) is 14.7 Å². The first kappa shape index (κ1) is 17.8. The van der Waals surface area contributed by atoms with Crippen molar-refractivity contribution in [3.05, 3.63) is 47.9 Å². The molecule has 1 saturated heterocycles. The number of aromatic nitrogens is 2. The maximum absolute atomic E-state index is 12.2. The van der Waals surface area contributed by atoms with Crippen molar-refractivity contribution in [1.29, 1.82) is 0 Å². The zero-order valence-electron chi connectivity index (χ0n) is 13.8. The Morgan fingerprint density at radius 2 is 2.00 bits per heavy atom. The topological polar surface area (TPSA) is 130 Å². The molecule has 9 nitrogen and oxygen atoms in total. The number of nitrogens with zero attached hydrogens (tertiary/aromatic N) is 3. The van der Waals surface area contributed by atoms with Gasteiger partial charge in [0.1, 0.15) is 10.7 Å². The Hall–Kier alpha value is -3.01. The van der Waals surface area contributed by atoms with Crippen molar-refractivity contribution < 1.29 is 23.1 Å². The number of aromatic carboxylic acids is 1. The summed E-state index contributed by atoms with van der Waals surface area (Å²) in [6.45, 7) is 2.19. The van der Waals surface area contributed by atoms with E-state index in [1.54, 1.807) is 17.9 Å². The average Bonchev–Trinajstić information content (AvgIpc) is 2.53. The summed E-state index contributed by atoms with van der Waals surface area (Å²) < 4.78 is 26.3. The highest BCUT2D eigenvalue weighted by atomic mass is 32.2. The van der Waals surface area contributed by atoms with E-state index in [0.717, 1.165) is 0 Å². The summed E-state index contributed by atoms with van der Waals surface area (Å²) in [7, 11) is -3.95. The largest absolute Gasteiger partial charge is 0.478 e. The number of nitrogens with one attached hydrogen (secondary N) is 1. The van der Waals surface area contributed by atoms with E-state index in [0.29, 0.717) is 24.6 Å². The highest BCUT2D eigenvalue weighted by Gasteiger charge is 2.35. The van der Waals surface area contributed by atoms with Gasteiger partial charge in [-0.1, -0.05) is 0 Å². The molecule has 1 aliphatic heterocycles. The number of pyridine rings is 2. The van der Waals surface area contributed by atoms with Gasteiger partial charge in [0.25, 0.3) is 10.0 Å². The molecule has 26 heavy (non-hydrogen) atoms. The first-order valence-electron chi connectivity index (χ1n) is 7.70. The Balaban J connectivity index is 1.62. The molecule has 0 aliphatic carbocycles. The predicted molar refractivity (Wildman–Crippen MR) is 91.2 cm³/mol. The highest BCUT2D eigenvalue weighted by Crippen LogP contribution is 2.24. The minimum absolute atomic E-state index is 0.0777. The predicted octanol–water partition coefficient (Wildman–Crippen LogP) is 0.425. The second kappa shape index (κ2) is 6.71. The van der Waals surface area contributed by atoms with Crippen LogP contribution in [0.5, 0.6) is 0 Å². The zero-order valence-corrected chi connectivity index (χ0v) is 14.6. The van der Waals surface area contributed by atoms with Gasteiger partial charge in [-0.15, -0.1) is 0 Å². The highest BCUT2D eigenvalue weighted by molar-refractivity contribution is 7.90. The summed E-state index contributed by atoms with van der Waals surface area (Å²) in [5.41, 5.74) is 0.494. The fourth-order valence-electron chi connectivity index (χ4n) is 2.56. The number of sulfonamides is 1. The third-order valence-corrected chi connectivity index (χ3v) is 5.39. The molecule has 1 aliphatic rings. The molecule has 2 aromatic heterocycles.